The molecule has 0 saturated heterocycles. The summed E-state index contributed by atoms with van der Waals surface area (Å²) in [5.74, 6) is 0. The normalized spacial score (nSPS) is 3.00. The first kappa shape index (κ1) is 9.61. The Bertz CT molecular complexity index is 73.9. The van der Waals surface area contributed by atoms with Crippen molar-refractivity contribution >= 4 is 48.9 Å². The van der Waals surface area contributed by atoms with Gasteiger partial charge in [-0.15, -0.1) is 0 Å². The van der Waals surface area contributed by atoms with Gasteiger partial charge < -0.3 is 0 Å². The van der Waals surface area contributed by atoms with Crippen LogP contribution in [-0.4, -0.2) is 48.9 Å². The Labute approximate surface area is 76.0 Å². The van der Waals surface area contributed by atoms with Gasteiger partial charge in [0.2, 0.25) is 0 Å². The third-order valence-electron chi connectivity index (χ3n) is 0.112. The van der Waals surface area contributed by atoms with E-state index in [-0.39, 0.29) is 48.9 Å². The Morgan fingerprint density at radius 1 is 1.17 bits per heavy atom. The van der Waals surface area contributed by atoms with Crippen LogP contribution in [0.25, 0.3) is 0 Å². The smallest absolute Gasteiger partial charge is 0.190 e. The number of hydrogen-bond acceptors (Lipinski definition) is 3. The Kier molecular flexibility index (Phi) is 14.4. The average molecular weight is 204 g/mol. The van der Waals surface area contributed by atoms with E-state index in [1.54, 1.807) is 5.32 Å². The van der Waals surface area contributed by atoms with Crippen LogP contribution in [0.2, 0.25) is 0 Å². The molecule has 2 radical (unpaired) electrons. The van der Waals surface area contributed by atoms with Gasteiger partial charge >= 0.3 is 0 Å². The molecule has 6 heavy (non-hydrogen) atoms. The van der Waals surface area contributed by atoms with Gasteiger partial charge in [0.1, 0.15) is 0 Å². The molecule has 3 nitrogen and oxygen atoms in total. The van der Waals surface area contributed by atoms with E-state index in [1.165, 1.54) is 12.4 Å². The monoisotopic (exact) mass is 205 g/mol. The summed E-state index contributed by atoms with van der Waals surface area (Å²) in [6.45, 7) is 0. The Morgan fingerprint density at radius 2 is 1.50 bits per heavy atom. The third kappa shape index (κ3) is 8.84. The molecule has 0 unspecified atom stereocenters. The molecule has 0 atom stereocenters. The zero-order chi connectivity index (χ0) is 4.12. The fraction of sp³-hybridized carbons (Fsp3) is 0. The van der Waals surface area contributed by atoms with E-state index in [0.29, 0.717) is 0 Å². The minimum Gasteiger partial charge on any atom is -0.229 e. The van der Waals surface area contributed by atoms with Crippen LogP contribution in [0.5, 0.6) is 0 Å². The number of rotatable bonds is 0. The van der Waals surface area contributed by atoms with Crippen molar-refractivity contribution < 1.29 is 0 Å². The molecule has 26 valence electrons. The molecule has 0 aliphatic carbocycles. The molecule has 0 aromatic heterocycles. The molecule has 0 fully saturated rings. The van der Waals surface area contributed by atoms with E-state index in [2.05, 4.69) is 0 Å². The molecule has 0 bridgehead atoms. The van der Waals surface area contributed by atoms with Crippen LogP contribution in [0.4, 0.5) is 0 Å². The Morgan fingerprint density at radius 3 is 1.50 bits per heavy atom. The predicted molar refractivity (Wildman–Crippen MR) is 20.1 cm³/mol. The second-order valence-electron chi connectivity index (χ2n) is 0.349. The molecule has 0 rings (SSSR count). The van der Waals surface area contributed by atoms with Gasteiger partial charge in [-0.05, 0) is 0 Å². The number of hydrogen-bond donors (Lipinski definition) is 1. The summed E-state index contributed by atoms with van der Waals surface area (Å²) < 4.78 is 0. The van der Waals surface area contributed by atoms with Crippen LogP contribution in [0, 0.1) is 22.9 Å². The van der Waals surface area contributed by atoms with Crippen molar-refractivity contribution in [1.29, 1.82) is 10.5 Å². The van der Waals surface area contributed by atoms with Gasteiger partial charge in [0.05, 0.1) is 0 Å². The summed E-state index contributed by atoms with van der Waals surface area (Å²) in [4.78, 5) is 0. The van der Waals surface area contributed by atoms with Gasteiger partial charge in [-0.2, -0.15) is 10.5 Å². The summed E-state index contributed by atoms with van der Waals surface area (Å²) in [5.41, 5.74) is 0. The maximum Gasteiger partial charge on any atom is 0.190 e. The number of nitriles is 2. The maximum atomic E-state index is 7.48. The molecule has 0 amide bonds. The fourth-order valence-corrected chi connectivity index (χ4v) is 0.0250. The van der Waals surface area contributed by atoms with E-state index in [9.17, 15) is 0 Å². The van der Waals surface area contributed by atoms with Crippen molar-refractivity contribution in [1.82, 2.24) is 5.32 Å². The standard InChI is InChI=1S/C2HN3.Ba/c3-1-5-2-4;/h5H;. The first-order valence-electron chi connectivity index (χ1n) is 0.947. The van der Waals surface area contributed by atoms with Gasteiger partial charge in [-0.25, -0.2) is 5.32 Å². The van der Waals surface area contributed by atoms with Crippen LogP contribution in [0.3, 0.4) is 0 Å². The summed E-state index contributed by atoms with van der Waals surface area (Å²) in [7, 11) is 0. The van der Waals surface area contributed by atoms with Gasteiger partial charge in [0, 0.05) is 48.9 Å². The summed E-state index contributed by atoms with van der Waals surface area (Å²) in [5, 5.41) is 16.7. The largest absolute Gasteiger partial charge is 0.229 e. The van der Waals surface area contributed by atoms with Crippen LogP contribution in [-0.2, 0) is 0 Å². The number of nitrogens with zero attached hydrogens (tertiary/aromatic N) is 2. The molecule has 0 saturated carbocycles. The molecule has 4 heteroatoms. The van der Waals surface area contributed by atoms with Gasteiger partial charge in [-0.1, -0.05) is 0 Å². The van der Waals surface area contributed by atoms with Crippen LogP contribution in [0.1, 0.15) is 0 Å². The van der Waals surface area contributed by atoms with E-state index < -0.39 is 0 Å². The first-order chi connectivity index (χ1) is 2.41. The second kappa shape index (κ2) is 9.02. The van der Waals surface area contributed by atoms with Crippen molar-refractivity contribution in [2.24, 2.45) is 0 Å². The van der Waals surface area contributed by atoms with Crippen molar-refractivity contribution in [3.05, 3.63) is 0 Å². The molecule has 1 N–H and O–H groups in total. The van der Waals surface area contributed by atoms with E-state index in [1.807, 2.05) is 0 Å². The zero-order valence-electron chi connectivity index (χ0n) is 3.10. The van der Waals surface area contributed by atoms with E-state index in [0.717, 1.165) is 0 Å². The van der Waals surface area contributed by atoms with Crippen molar-refractivity contribution in [2.75, 3.05) is 0 Å². The van der Waals surface area contributed by atoms with E-state index in [4.69, 9.17) is 10.5 Å². The molecule has 0 aromatic carbocycles. The van der Waals surface area contributed by atoms with Gasteiger partial charge in [-0.3, -0.25) is 0 Å². The quantitative estimate of drug-likeness (QED) is 0.318. The molecule has 0 aliphatic rings. The van der Waals surface area contributed by atoms with Crippen LogP contribution >= 0.6 is 0 Å². The second-order valence-corrected chi connectivity index (χ2v) is 0.349. The van der Waals surface area contributed by atoms with E-state index >= 15 is 0 Å². The predicted octanol–water partition coefficient (Wildman–Crippen LogP) is -0.843. The molecule has 0 spiro atoms. The minimum atomic E-state index is 0. The Balaban J connectivity index is 0. The molecular formula is C2HBaN3. The van der Waals surface area contributed by atoms with Crippen molar-refractivity contribution in [3.63, 3.8) is 0 Å². The molecule has 0 aliphatic heterocycles. The number of nitrogens with one attached hydrogen (secondary N) is 1. The van der Waals surface area contributed by atoms with Crippen LogP contribution in [0.15, 0.2) is 0 Å². The molecule has 0 heterocycles. The summed E-state index contributed by atoms with van der Waals surface area (Å²) >= 11 is 0. The Hall–Kier alpha value is 0.351. The van der Waals surface area contributed by atoms with Crippen molar-refractivity contribution in [3.8, 4) is 12.4 Å². The summed E-state index contributed by atoms with van der Waals surface area (Å²) in [6.07, 6.45) is 2.81. The molecule has 0 aromatic rings. The SMILES string of the molecule is N#CNC#N.[Ba]. The summed E-state index contributed by atoms with van der Waals surface area (Å²) in [6, 6.07) is 0. The third-order valence-corrected chi connectivity index (χ3v) is 0.112. The average Bonchev–Trinajstić information content (AvgIpc) is 1.41. The topological polar surface area (TPSA) is 59.6 Å². The van der Waals surface area contributed by atoms with Gasteiger partial charge in [0.25, 0.3) is 0 Å². The zero-order valence-corrected chi connectivity index (χ0v) is 7.54. The van der Waals surface area contributed by atoms with Crippen LogP contribution < -0.4 is 5.32 Å². The first-order valence-corrected chi connectivity index (χ1v) is 0.947. The fourth-order valence-electron chi connectivity index (χ4n) is 0.0250. The molecular weight excluding hydrogens is 203 g/mol. The van der Waals surface area contributed by atoms with Crippen molar-refractivity contribution in [2.45, 2.75) is 0 Å². The van der Waals surface area contributed by atoms with Gasteiger partial charge in [0.15, 0.2) is 12.4 Å². The minimum absolute atomic E-state index is 0. The maximum absolute atomic E-state index is 7.48.